The first-order chi connectivity index (χ1) is 7.89. The van der Waals surface area contributed by atoms with Gasteiger partial charge in [-0.3, -0.25) is 0 Å². The highest BCUT2D eigenvalue weighted by atomic mass is 32.2. The molecule has 1 saturated heterocycles. The average Bonchev–Trinajstić information content (AvgIpc) is 2.13. The molecule has 4 unspecified atom stereocenters. The van der Waals surface area contributed by atoms with E-state index >= 15 is 0 Å². The maximum absolute atomic E-state index is 6.06. The Bertz CT molecular complexity index is 308. The lowest BCUT2D eigenvalue weighted by atomic mass is 9.75. The second kappa shape index (κ2) is 4.97. The van der Waals surface area contributed by atoms with Crippen LogP contribution in [0.5, 0.6) is 0 Å². The van der Waals surface area contributed by atoms with Crippen LogP contribution in [0.3, 0.4) is 0 Å². The van der Waals surface area contributed by atoms with Crippen molar-refractivity contribution < 1.29 is 4.74 Å². The number of ether oxygens (including phenoxy) is 1. The molecule has 0 N–H and O–H groups in total. The highest BCUT2D eigenvalue weighted by Gasteiger charge is 2.39. The number of thioether (sulfide) groups is 1. The van der Waals surface area contributed by atoms with Crippen LogP contribution >= 0.6 is 11.8 Å². The van der Waals surface area contributed by atoms with Crippen LogP contribution in [0, 0.1) is 17.8 Å². The Morgan fingerprint density at radius 1 is 1.35 bits per heavy atom. The number of hydrogen-bond acceptors (Lipinski definition) is 2. The van der Waals surface area contributed by atoms with Crippen molar-refractivity contribution in [2.75, 3.05) is 6.61 Å². The molecule has 17 heavy (non-hydrogen) atoms. The molecule has 0 amide bonds. The molecule has 1 fully saturated rings. The van der Waals surface area contributed by atoms with E-state index in [9.17, 15) is 0 Å². The molecule has 0 saturated carbocycles. The predicted molar refractivity (Wildman–Crippen MR) is 76.2 cm³/mol. The summed E-state index contributed by atoms with van der Waals surface area (Å²) in [5.41, 5.74) is 1.95. The summed E-state index contributed by atoms with van der Waals surface area (Å²) in [5.74, 6) is 2.09. The van der Waals surface area contributed by atoms with Gasteiger partial charge in [0.2, 0.25) is 0 Å². The monoisotopic (exact) mass is 254 g/mol. The van der Waals surface area contributed by atoms with Gasteiger partial charge in [0.25, 0.3) is 0 Å². The Hall–Kier alpha value is 0.0500. The zero-order chi connectivity index (χ0) is 12.6. The Kier molecular flexibility index (Phi) is 3.94. The molecule has 2 aliphatic rings. The molecular formula is C15H26OS. The molecule has 0 aromatic carbocycles. The fraction of sp³-hybridized carbons (Fsp3) is 0.867. The van der Waals surface area contributed by atoms with Crippen molar-refractivity contribution in [3.8, 4) is 0 Å². The van der Waals surface area contributed by atoms with E-state index in [2.05, 4.69) is 52.5 Å². The van der Waals surface area contributed by atoms with Gasteiger partial charge in [-0.1, -0.05) is 39.3 Å². The summed E-state index contributed by atoms with van der Waals surface area (Å²) in [4.78, 5) is 0. The van der Waals surface area contributed by atoms with Crippen molar-refractivity contribution in [3.63, 3.8) is 0 Å². The van der Waals surface area contributed by atoms with E-state index in [4.69, 9.17) is 4.74 Å². The van der Waals surface area contributed by atoms with Crippen LogP contribution in [-0.4, -0.2) is 16.8 Å². The molecule has 0 bridgehead atoms. The summed E-state index contributed by atoms with van der Waals surface area (Å²) >= 11 is 2.05. The molecular weight excluding hydrogens is 228 g/mol. The van der Waals surface area contributed by atoms with Crippen molar-refractivity contribution in [2.45, 2.75) is 57.6 Å². The van der Waals surface area contributed by atoms with Crippen LogP contribution in [0.15, 0.2) is 11.6 Å². The molecule has 4 atom stereocenters. The maximum Gasteiger partial charge on any atom is 0.107 e. The van der Waals surface area contributed by atoms with Gasteiger partial charge in [0.05, 0.1) is 0 Å². The Labute approximate surface area is 110 Å². The summed E-state index contributed by atoms with van der Waals surface area (Å²) in [5, 5.41) is 0. The average molecular weight is 254 g/mol. The van der Waals surface area contributed by atoms with Gasteiger partial charge in [0.1, 0.15) is 5.44 Å². The Balaban J connectivity index is 2.11. The van der Waals surface area contributed by atoms with E-state index in [0.29, 0.717) is 22.0 Å². The van der Waals surface area contributed by atoms with Crippen molar-refractivity contribution in [1.82, 2.24) is 0 Å². The molecule has 0 aromatic rings. The molecule has 1 heterocycles. The largest absolute Gasteiger partial charge is 0.367 e. The summed E-state index contributed by atoms with van der Waals surface area (Å²) in [6.07, 6.45) is 4.88. The van der Waals surface area contributed by atoms with Gasteiger partial charge in [-0.2, -0.15) is 0 Å². The van der Waals surface area contributed by atoms with E-state index in [1.54, 1.807) is 5.57 Å². The van der Waals surface area contributed by atoms with Crippen molar-refractivity contribution in [2.24, 2.45) is 17.8 Å². The first-order valence-corrected chi connectivity index (χ1v) is 7.74. The third-order valence-corrected chi connectivity index (χ3v) is 5.72. The van der Waals surface area contributed by atoms with Crippen LogP contribution < -0.4 is 0 Å². The standard InChI is InChI=1S/C15H26OS/c1-10-8-11(2)13(12(3)9-10)14-16-7-6-15(4,5)17-14/h8,11-14H,6-7,9H2,1-5H3. The lowest BCUT2D eigenvalue weighted by Gasteiger charge is -2.44. The van der Waals surface area contributed by atoms with Gasteiger partial charge in [0.15, 0.2) is 0 Å². The summed E-state index contributed by atoms with van der Waals surface area (Å²) < 4.78 is 6.45. The molecule has 0 spiro atoms. The van der Waals surface area contributed by atoms with E-state index in [1.807, 2.05) is 0 Å². The molecule has 1 aliphatic heterocycles. The van der Waals surface area contributed by atoms with Crippen LogP contribution in [0.25, 0.3) is 0 Å². The fourth-order valence-electron chi connectivity index (χ4n) is 3.32. The number of rotatable bonds is 1. The zero-order valence-electron chi connectivity index (χ0n) is 11.8. The van der Waals surface area contributed by atoms with Crippen molar-refractivity contribution >= 4 is 11.8 Å². The van der Waals surface area contributed by atoms with Gasteiger partial charge in [-0.15, -0.1) is 11.8 Å². The van der Waals surface area contributed by atoms with Crippen molar-refractivity contribution in [3.05, 3.63) is 11.6 Å². The molecule has 0 aromatic heterocycles. The third-order valence-electron chi connectivity index (χ3n) is 4.19. The summed E-state index contributed by atoms with van der Waals surface area (Å²) in [7, 11) is 0. The van der Waals surface area contributed by atoms with Crippen LogP contribution in [0.4, 0.5) is 0 Å². The third kappa shape index (κ3) is 3.08. The smallest absolute Gasteiger partial charge is 0.107 e. The second-order valence-electron chi connectivity index (χ2n) is 6.50. The fourth-order valence-corrected chi connectivity index (χ4v) is 4.99. The molecule has 2 heteroatoms. The molecule has 0 radical (unpaired) electrons. The molecule has 98 valence electrons. The number of hydrogen-bond donors (Lipinski definition) is 0. The van der Waals surface area contributed by atoms with Crippen molar-refractivity contribution in [1.29, 1.82) is 0 Å². The minimum absolute atomic E-state index is 0.387. The van der Waals surface area contributed by atoms with E-state index in [1.165, 1.54) is 12.8 Å². The predicted octanol–water partition coefficient (Wildman–Crippen LogP) is 4.48. The van der Waals surface area contributed by atoms with Gasteiger partial charge in [-0.05, 0) is 31.6 Å². The lowest BCUT2D eigenvalue weighted by molar-refractivity contribution is 0.0228. The molecule has 1 aliphatic carbocycles. The van der Waals surface area contributed by atoms with Crippen LogP contribution in [0.1, 0.15) is 47.5 Å². The summed E-state index contributed by atoms with van der Waals surface area (Å²) in [6.45, 7) is 12.7. The van der Waals surface area contributed by atoms with Gasteiger partial charge in [0, 0.05) is 17.3 Å². The minimum atomic E-state index is 0.387. The van der Waals surface area contributed by atoms with E-state index < -0.39 is 0 Å². The van der Waals surface area contributed by atoms with Gasteiger partial charge >= 0.3 is 0 Å². The Morgan fingerprint density at radius 2 is 2.06 bits per heavy atom. The first-order valence-electron chi connectivity index (χ1n) is 6.86. The molecule has 2 rings (SSSR count). The lowest BCUT2D eigenvalue weighted by Crippen LogP contribution is -2.40. The zero-order valence-corrected chi connectivity index (χ0v) is 12.6. The minimum Gasteiger partial charge on any atom is -0.367 e. The number of allylic oxidation sites excluding steroid dienone is 2. The van der Waals surface area contributed by atoms with Gasteiger partial charge in [-0.25, -0.2) is 0 Å². The van der Waals surface area contributed by atoms with E-state index in [0.717, 1.165) is 12.5 Å². The first kappa shape index (κ1) is 13.5. The molecule has 1 nitrogen and oxygen atoms in total. The Morgan fingerprint density at radius 3 is 2.65 bits per heavy atom. The highest BCUT2D eigenvalue weighted by Crippen LogP contribution is 2.46. The topological polar surface area (TPSA) is 9.23 Å². The van der Waals surface area contributed by atoms with Crippen LogP contribution in [-0.2, 0) is 4.74 Å². The highest BCUT2D eigenvalue weighted by molar-refractivity contribution is 8.01. The van der Waals surface area contributed by atoms with Gasteiger partial charge < -0.3 is 4.74 Å². The quantitative estimate of drug-likeness (QED) is 0.638. The second-order valence-corrected chi connectivity index (χ2v) is 8.30. The SMILES string of the molecule is CC1=CC(C)C(C2OCCC(C)(C)S2)C(C)C1. The van der Waals surface area contributed by atoms with Crippen LogP contribution in [0.2, 0.25) is 0 Å². The van der Waals surface area contributed by atoms with E-state index in [-0.39, 0.29) is 0 Å². The summed E-state index contributed by atoms with van der Waals surface area (Å²) in [6, 6.07) is 0. The maximum atomic E-state index is 6.06. The normalized spacial score (nSPS) is 42.1.